The molecular weight excluding hydrogens is 497 g/mol. The van der Waals surface area contributed by atoms with Gasteiger partial charge in [-0.2, -0.15) is 5.09 Å². The summed E-state index contributed by atoms with van der Waals surface area (Å²) in [7, 11) is -2.87. The number of ether oxygens (including phenoxy) is 3. The number of aromatic amines is 1. The predicted molar refractivity (Wildman–Crippen MR) is 126 cm³/mol. The molecule has 0 saturated carbocycles. The van der Waals surface area contributed by atoms with E-state index in [1.807, 2.05) is 0 Å². The van der Waals surface area contributed by atoms with Crippen LogP contribution in [0.15, 0.2) is 52.2 Å². The summed E-state index contributed by atoms with van der Waals surface area (Å²) in [4.78, 5) is 37.9. The van der Waals surface area contributed by atoms with E-state index in [2.05, 4.69) is 10.1 Å². The number of para-hydroxylation sites is 1. The van der Waals surface area contributed by atoms with Gasteiger partial charge in [0.15, 0.2) is 6.23 Å². The lowest BCUT2D eigenvalue weighted by Gasteiger charge is -2.25. The maximum absolute atomic E-state index is 13.6. The number of aliphatic hydroxyl groups excluding tert-OH is 1. The van der Waals surface area contributed by atoms with Crippen LogP contribution in [0.2, 0.25) is 0 Å². The smallest absolute Gasteiger partial charge is 0.459 e. The number of carbonyl (C=O) groups is 1. The van der Waals surface area contributed by atoms with Crippen molar-refractivity contribution < 1.29 is 37.7 Å². The van der Waals surface area contributed by atoms with Crippen LogP contribution >= 0.6 is 7.75 Å². The van der Waals surface area contributed by atoms with E-state index in [0.29, 0.717) is 0 Å². The van der Waals surface area contributed by atoms with Gasteiger partial charge in [-0.1, -0.05) is 18.2 Å². The van der Waals surface area contributed by atoms with E-state index in [1.165, 1.54) is 20.2 Å². The van der Waals surface area contributed by atoms with Gasteiger partial charge >= 0.3 is 19.4 Å². The maximum Gasteiger partial charge on any atom is 0.459 e. The van der Waals surface area contributed by atoms with Crippen LogP contribution in [0.3, 0.4) is 0 Å². The molecule has 0 bridgehead atoms. The summed E-state index contributed by atoms with van der Waals surface area (Å²) in [5.41, 5.74) is -1.40. The summed E-state index contributed by atoms with van der Waals surface area (Å²) in [5.74, 6) is -0.448. The summed E-state index contributed by atoms with van der Waals surface area (Å²) in [6.07, 6.45) is -3.73. The molecule has 14 heteroatoms. The quantitative estimate of drug-likeness (QED) is 0.281. The average molecular weight is 527 g/mol. The number of benzene rings is 1. The van der Waals surface area contributed by atoms with Gasteiger partial charge < -0.3 is 23.8 Å². The second-order valence-electron chi connectivity index (χ2n) is 8.31. The Morgan fingerprint density at radius 2 is 1.92 bits per heavy atom. The minimum atomic E-state index is -4.20. The van der Waals surface area contributed by atoms with Gasteiger partial charge in [0.1, 0.15) is 30.1 Å². The van der Waals surface area contributed by atoms with Crippen LogP contribution in [0.4, 0.5) is 0 Å². The number of hydrogen-bond acceptors (Lipinski definition) is 10. The normalized spacial score (nSPS) is 24.3. The number of H-pyrrole nitrogens is 1. The van der Waals surface area contributed by atoms with Gasteiger partial charge in [-0.05, 0) is 32.9 Å². The van der Waals surface area contributed by atoms with Crippen LogP contribution < -0.4 is 20.9 Å². The van der Waals surface area contributed by atoms with E-state index >= 15 is 0 Å². The van der Waals surface area contributed by atoms with Crippen molar-refractivity contribution in [2.75, 3.05) is 13.7 Å². The molecule has 1 aliphatic heterocycles. The fourth-order valence-corrected chi connectivity index (χ4v) is 5.01. The van der Waals surface area contributed by atoms with E-state index < -0.39 is 62.2 Å². The van der Waals surface area contributed by atoms with E-state index in [0.717, 1.165) is 10.6 Å². The minimum absolute atomic E-state index is 0.214. The van der Waals surface area contributed by atoms with Crippen molar-refractivity contribution in [1.82, 2.24) is 14.6 Å². The van der Waals surface area contributed by atoms with E-state index in [9.17, 15) is 24.1 Å². The zero-order valence-corrected chi connectivity index (χ0v) is 21.1. The number of carbonyl (C=O) groups excluding carboxylic acids is 1. The Labute approximate surface area is 206 Å². The molecule has 0 spiro atoms. The Hall–Kier alpha value is -2.80. The number of rotatable bonds is 11. The van der Waals surface area contributed by atoms with Gasteiger partial charge in [-0.15, -0.1) is 0 Å². The first-order valence-corrected chi connectivity index (χ1v) is 12.7. The molecule has 6 atom stereocenters. The first-order chi connectivity index (χ1) is 17.0. The molecule has 13 nitrogen and oxygen atoms in total. The van der Waals surface area contributed by atoms with Crippen LogP contribution in [0.5, 0.6) is 5.75 Å². The highest BCUT2D eigenvalue weighted by atomic mass is 31.2. The van der Waals surface area contributed by atoms with Gasteiger partial charge in [0.05, 0.1) is 12.7 Å². The lowest BCUT2D eigenvalue weighted by Crippen LogP contribution is -2.39. The predicted octanol–water partition coefficient (Wildman–Crippen LogP) is 0.943. The Bertz CT molecular complexity index is 1180. The second kappa shape index (κ2) is 12.0. The van der Waals surface area contributed by atoms with Gasteiger partial charge in [-0.3, -0.25) is 23.7 Å². The van der Waals surface area contributed by atoms with Crippen molar-refractivity contribution in [1.29, 1.82) is 0 Å². The third-order valence-electron chi connectivity index (χ3n) is 5.14. The monoisotopic (exact) mass is 527 g/mol. The van der Waals surface area contributed by atoms with E-state index in [-0.39, 0.29) is 11.9 Å². The van der Waals surface area contributed by atoms with Crippen LogP contribution in [0, 0.1) is 0 Å². The second-order valence-corrected chi connectivity index (χ2v) is 10.0. The van der Waals surface area contributed by atoms with Crippen molar-refractivity contribution >= 4 is 13.7 Å². The number of aromatic nitrogens is 2. The van der Waals surface area contributed by atoms with Crippen LogP contribution in [-0.4, -0.2) is 64.8 Å². The highest BCUT2D eigenvalue weighted by molar-refractivity contribution is 7.52. The van der Waals surface area contributed by atoms with Crippen LogP contribution in [0.1, 0.15) is 27.0 Å². The van der Waals surface area contributed by atoms with Crippen molar-refractivity contribution in [3.05, 3.63) is 63.4 Å². The summed E-state index contributed by atoms with van der Waals surface area (Å²) in [6, 6.07) is 8.24. The molecule has 1 unspecified atom stereocenters. The summed E-state index contributed by atoms with van der Waals surface area (Å²) in [5, 5.41) is 13.3. The maximum atomic E-state index is 13.6. The fraction of sp³-hybridized carbons (Fsp3) is 0.500. The third kappa shape index (κ3) is 6.90. The Kier molecular flexibility index (Phi) is 9.23. The molecule has 2 aromatic rings. The molecule has 0 amide bonds. The SMILES string of the molecule is CO[C@@H]1[C@H](O)[C@H](n2ccc(=O)[nH]c2=O)O[C@@H]1COP(=O)(N[C@@H](C)C(=O)OC(C)C)Oc1ccccc1. The average Bonchev–Trinajstić information content (AvgIpc) is 3.13. The number of aliphatic hydroxyl groups is 1. The fourth-order valence-electron chi connectivity index (χ4n) is 3.51. The van der Waals surface area contributed by atoms with Crippen molar-refractivity contribution in [3.8, 4) is 5.75 Å². The van der Waals surface area contributed by atoms with Crippen LogP contribution in [-0.2, 0) is 28.1 Å². The number of nitrogens with one attached hydrogen (secondary N) is 2. The first kappa shape index (κ1) is 27.8. The molecule has 198 valence electrons. The number of nitrogens with zero attached hydrogens (tertiary/aromatic N) is 1. The molecule has 3 rings (SSSR count). The molecule has 36 heavy (non-hydrogen) atoms. The lowest BCUT2D eigenvalue weighted by atomic mass is 10.1. The summed E-state index contributed by atoms with van der Waals surface area (Å²) in [6.45, 7) is 4.40. The standard InChI is InChI=1S/C22H30N3O10P/c1-13(2)33-21(28)14(3)24-36(30,35-15-8-6-5-7-9-15)32-12-16-19(31-4)18(27)20(34-16)25-11-10-17(26)23-22(25)29/h5-11,13-14,16,18-20,27H,12H2,1-4H3,(H,24,30)(H,23,26,29)/t14-,16+,18-,19-,20+,36?/m0/s1. The molecule has 1 saturated heterocycles. The van der Waals surface area contributed by atoms with Crippen molar-refractivity contribution in [2.24, 2.45) is 0 Å². The third-order valence-corrected chi connectivity index (χ3v) is 6.79. The molecule has 3 N–H and O–H groups in total. The zero-order valence-electron chi connectivity index (χ0n) is 20.2. The van der Waals surface area contributed by atoms with E-state index in [4.69, 9.17) is 23.3 Å². The Morgan fingerprint density at radius 1 is 1.22 bits per heavy atom. The number of esters is 1. The van der Waals surface area contributed by atoms with Crippen molar-refractivity contribution in [2.45, 2.75) is 57.5 Å². The van der Waals surface area contributed by atoms with E-state index in [1.54, 1.807) is 44.2 Å². The highest BCUT2D eigenvalue weighted by Crippen LogP contribution is 2.46. The Balaban J connectivity index is 1.79. The highest BCUT2D eigenvalue weighted by Gasteiger charge is 2.47. The largest absolute Gasteiger partial charge is 0.462 e. The van der Waals surface area contributed by atoms with Gasteiger partial charge in [0.2, 0.25) is 0 Å². The summed E-state index contributed by atoms with van der Waals surface area (Å²) >= 11 is 0. The molecule has 0 aliphatic carbocycles. The molecule has 1 fully saturated rings. The zero-order chi connectivity index (χ0) is 26.5. The molecule has 0 radical (unpaired) electrons. The van der Waals surface area contributed by atoms with Crippen LogP contribution in [0.25, 0.3) is 0 Å². The molecule has 1 aliphatic rings. The van der Waals surface area contributed by atoms with Gasteiger partial charge in [0, 0.05) is 19.4 Å². The summed E-state index contributed by atoms with van der Waals surface area (Å²) < 4.78 is 42.1. The lowest BCUT2D eigenvalue weighted by molar-refractivity contribution is -0.149. The molecule has 1 aromatic carbocycles. The van der Waals surface area contributed by atoms with Gasteiger partial charge in [-0.25, -0.2) is 9.36 Å². The van der Waals surface area contributed by atoms with Gasteiger partial charge in [0.25, 0.3) is 5.56 Å². The van der Waals surface area contributed by atoms with Crippen molar-refractivity contribution in [3.63, 3.8) is 0 Å². The molecule has 1 aromatic heterocycles. The topological polar surface area (TPSA) is 167 Å². The molecule has 2 heterocycles. The number of methoxy groups -OCH3 is 1. The Morgan fingerprint density at radius 3 is 2.53 bits per heavy atom. The number of hydrogen-bond donors (Lipinski definition) is 3. The first-order valence-electron chi connectivity index (χ1n) is 11.2. The minimum Gasteiger partial charge on any atom is -0.462 e. The molecular formula is C22H30N3O10P.